The van der Waals surface area contributed by atoms with Crippen molar-refractivity contribution in [1.29, 1.82) is 0 Å². The molecule has 42 valence electrons. The molecule has 0 aromatic rings. The summed E-state index contributed by atoms with van der Waals surface area (Å²) in [5.74, 6) is 0. The Kier molecular flexibility index (Phi) is 162. The van der Waals surface area contributed by atoms with Crippen LogP contribution in [0.4, 0.5) is 0 Å². The lowest BCUT2D eigenvalue weighted by molar-refractivity contribution is 0.318. The van der Waals surface area contributed by atoms with Crippen LogP contribution in [0.2, 0.25) is 0 Å². The fourth-order valence-electron chi connectivity index (χ4n) is 0. The minimum atomic E-state index is 0. The molecule has 0 heterocycles. The molecule has 0 spiro atoms. The maximum Gasteiger partial charge on any atom is 0.0402 e. The van der Waals surface area contributed by atoms with Gasteiger partial charge >= 0.3 is 0 Å². The van der Waals surface area contributed by atoms with Gasteiger partial charge in [0.05, 0.1) is 0 Å². The zero-order valence-corrected chi connectivity index (χ0v) is 5.10. The van der Waals surface area contributed by atoms with E-state index in [1.54, 1.807) is 6.92 Å². The first-order chi connectivity index (χ1) is 2.41. The molecule has 0 saturated heterocycles. The standard InChI is InChI=1S/C2H6O.CH4O.H2S/c1-2-3;1-2;/h3H,2H2,1H3;2H,1H3;1H2. The van der Waals surface area contributed by atoms with Crippen LogP contribution < -0.4 is 0 Å². The van der Waals surface area contributed by atoms with Gasteiger partial charge in [0.1, 0.15) is 0 Å². The van der Waals surface area contributed by atoms with Crippen LogP contribution in [0.5, 0.6) is 0 Å². The lowest BCUT2D eigenvalue weighted by atomic mass is 10.9. The van der Waals surface area contributed by atoms with Gasteiger partial charge in [-0.15, -0.1) is 0 Å². The first-order valence-corrected chi connectivity index (χ1v) is 1.47. The summed E-state index contributed by atoms with van der Waals surface area (Å²) in [4.78, 5) is 0. The Balaban J connectivity index is -0.0000000275. The molecule has 0 aliphatic rings. The van der Waals surface area contributed by atoms with Crippen LogP contribution >= 0.6 is 13.5 Å². The van der Waals surface area contributed by atoms with Crippen molar-refractivity contribution in [3.05, 3.63) is 0 Å². The van der Waals surface area contributed by atoms with Crippen molar-refractivity contribution < 1.29 is 10.2 Å². The summed E-state index contributed by atoms with van der Waals surface area (Å²) in [5.41, 5.74) is 0. The van der Waals surface area contributed by atoms with Crippen molar-refractivity contribution >= 4 is 13.5 Å². The minimum Gasteiger partial charge on any atom is -0.400 e. The van der Waals surface area contributed by atoms with E-state index >= 15 is 0 Å². The molecule has 0 aliphatic carbocycles. The Morgan fingerprint density at radius 3 is 1.33 bits per heavy atom. The summed E-state index contributed by atoms with van der Waals surface area (Å²) in [5, 5.41) is 14.6. The van der Waals surface area contributed by atoms with Gasteiger partial charge in [0, 0.05) is 13.7 Å². The molecule has 0 radical (unpaired) electrons. The van der Waals surface area contributed by atoms with E-state index in [4.69, 9.17) is 10.2 Å². The van der Waals surface area contributed by atoms with Crippen molar-refractivity contribution in [2.24, 2.45) is 0 Å². The summed E-state index contributed by atoms with van der Waals surface area (Å²) in [6.45, 7) is 1.93. The van der Waals surface area contributed by atoms with Crippen molar-refractivity contribution in [3.63, 3.8) is 0 Å². The molecule has 0 bridgehead atoms. The molecule has 2 nitrogen and oxygen atoms in total. The molecule has 0 atom stereocenters. The van der Waals surface area contributed by atoms with Gasteiger partial charge in [-0.1, -0.05) is 0 Å². The average Bonchev–Trinajstić information content (AvgIpc) is 1.46. The summed E-state index contributed by atoms with van der Waals surface area (Å²) in [6.07, 6.45) is 0. The lowest BCUT2D eigenvalue weighted by Crippen LogP contribution is -1.57. The molecule has 0 saturated carbocycles. The number of hydrogen-bond donors (Lipinski definition) is 2. The predicted octanol–water partition coefficient (Wildman–Crippen LogP) is -0.280. The number of aliphatic hydroxyl groups is 2. The van der Waals surface area contributed by atoms with Crippen LogP contribution in [0.15, 0.2) is 0 Å². The highest BCUT2D eigenvalue weighted by Crippen LogP contribution is 1.30. The van der Waals surface area contributed by atoms with Crippen molar-refractivity contribution in [2.45, 2.75) is 6.92 Å². The molecule has 2 N–H and O–H groups in total. The third-order valence-electron chi connectivity index (χ3n) is 0. The summed E-state index contributed by atoms with van der Waals surface area (Å²) < 4.78 is 0. The Morgan fingerprint density at radius 1 is 1.33 bits per heavy atom. The molecule has 0 unspecified atom stereocenters. The van der Waals surface area contributed by atoms with E-state index in [0.717, 1.165) is 7.11 Å². The van der Waals surface area contributed by atoms with Crippen LogP contribution in [0.1, 0.15) is 6.92 Å². The first-order valence-electron chi connectivity index (χ1n) is 1.47. The summed E-state index contributed by atoms with van der Waals surface area (Å²) >= 11 is 0. The molecular formula is C3H12O2S. The van der Waals surface area contributed by atoms with Crippen molar-refractivity contribution in [2.75, 3.05) is 13.7 Å². The predicted molar refractivity (Wildman–Crippen MR) is 31.3 cm³/mol. The third kappa shape index (κ3) is 626. The quantitative estimate of drug-likeness (QED) is 0.452. The molecule has 6 heavy (non-hydrogen) atoms. The minimum absolute atomic E-state index is 0. The zero-order valence-electron chi connectivity index (χ0n) is 4.10. The van der Waals surface area contributed by atoms with Crippen LogP contribution in [0.3, 0.4) is 0 Å². The van der Waals surface area contributed by atoms with E-state index in [-0.39, 0.29) is 20.1 Å². The van der Waals surface area contributed by atoms with Crippen LogP contribution in [0, 0.1) is 0 Å². The Hall–Kier alpha value is 0.270. The van der Waals surface area contributed by atoms with Gasteiger partial charge in [-0.2, -0.15) is 13.5 Å². The molecule has 0 aromatic heterocycles. The number of hydrogen-bond acceptors (Lipinski definition) is 2. The highest BCUT2D eigenvalue weighted by Gasteiger charge is 1.34. The fraction of sp³-hybridized carbons (Fsp3) is 1.00. The second-order valence-corrected chi connectivity index (χ2v) is 0.316. The Morgan fingerprint density at radius 2 is 1.33 bits per heavy atom. The van der Waals surface area contributed by atoms with E-state index in [0.29, 0.717) is 0 Å². The van der Waals surface area contributed by atoms with E-state index in [2.05, 4.69) is 0 Å². The van der Waals surface area contributed by atoms with Gasteiger partial charge in [0.15, 0.2) is 0 Å². The fourth-order valence-corrected chi connectivity index (χ4v) is 0. The van der Waals surface area contributed by atoms with Crippen molar-refractivity contribution in [3.8, 4) is 0 Å². The van der Waals surface area contributed by atoms with E-state index in [9.17, 15) is 0 Å². The first kappa shape index (κ1) is 16.3. The molecular weight excluding hydrogens is 100 g/mol. The largest absolute Gasteiger partial charge is 0.400 e. The molecule has 0 aliphatic heterocycles. The van der Waals surface area contributed by atoms with Gasteiger partial charge in [0.25, 0.3) is 0 Å². The van der Waals surface area contributed by atoms with Gasteiger partial charge in [0.2, 0.25) is 0 Å². The van der Waals surface area contributed by atoms with E-state index in [1.807, 2.05) is 0 Å². The Bertz CT molecular complexity index is 8.75. The van der Waals surface area contributed by atoms with Gasteiger partial charge in [-0.3, -0.25) is 0 Å². The SMILES string of the molecule is CCO.CO.S. The summed E-state index contributed by atoms with van der Waals surface area (Å²) in [6, 6.07) is 0. The normalized spacial score (nSPS) is 4.00. The monoisotopic (exact) mass is 112 g/mol. The van der Waals surface area contributed by atoms with Crippen LogP contribution in [0.25, 0.3) is 0 Å². The van der Waals surface area contributed by atoms with E-state index in [1.165, 1.54) is 0 Å². The maximum absolute atomic E-state index is 7.57. The molecule has 0 rings (SSSR count). The number of rotatable bonds is 0. The highest BCUT2D eigenvalue weighted by atomic mass is 32.1. The average molecular weight is 112 g/mol. The third-order valence-corrected chi connectivity index (χ3v) is 0. The molecule has 0 aromatic carbocycles. The van der Waals surface area contributed by atoms with Gasteiger partial charge in [-0.25, -0.2) is 0 Å². The smallest absolute Gasteiger partial charge is 0.0402 e. The van der Waals surface area contributed by atoms with Crippen molar-refractivity contribution in [1.82, 2.24) is 0 Å². The highest BCUT2D eigenvalue weighted by molar-refractivity contribution is 7.59. The lowest BCUT2D eigenvalue weighted by Gasteiger charge is -1.52. The second-order valence-electron chi connectivity index (χ2n) is 0.316. The molecule has 3 heteroatoms. The Labute approximate surface area is 45.3 Å². The number of aliphatic hydroxyl groups excluding tert-OH is 2. The summed E-state index contributed by atoms with van der Waals surface area (Å²) in [7, 11) is 1.00. The maximum atomic E-state index is 7.57. The van der Waals surface area contributed by atoms with Crippen LogP contribution in [-0.2, 0) is 0 Å². The topological polar surface area (TPSA) is 40.5 Å². The van der Waals surface area contributed by atoms with E-state index < -0.39 is 0 Å². The van der Waals surface area contributed by atoms with Gasteiger partial charge < -0.3 is 10.2 Å². The second kappa shape index (κ2) is 59.6. The molecule has 0 amide bonds. The van der Waals surface area contributed by atoms with Crippen LogP contribution in [-0.4, -0.2) is 23.9 Å². The van der Waals surface area contributed by atoms with Gasteiger partial charge in [-0.05, 0) is 6.92 Å². The molecule has 0 fully saturated rings. The zero-order chi connectivity index (χ0) is 4.71.